The minimum Gasteiger partial charge on any atom is -0.311 e. The third kappa shape index (κ3) is 4.97. The second kappa shape index (κ2) is 6.75. The molecule has 17 heavy (non-hydrogen) atoms. The molecule has 0 amide bonds. The van der Waals surface area contributed by atoms with Gasteiger partial charge in [-0.15, -0.1) is 0 Å². The van der Waals surface area contributed by atoms with Gasteiger partial charge in [0.25, 0.3) is 0 Å². The van der Waals surface area contributed by atoms with Gasteiger partial charge in [0.15, 0.2) is 0 Å². The van der Waals surface area contributed by atoms with Crippen LogP contribution in [-0.4, -0.2) is 36.1 Å². The minimum absolute atomic E-state index is 0.335. The van der Waals surface area contributed by atoms with Crippen molar-refractivity contribution in [2.24, 2.45) is 5.92 Å². The van der Waals surface area contributed by atoms with Crippen LogP contribution in [0.4, 0.5) is 0 Å². The first kappa shape index (κ1) is 15.0. The highest BCUT2D eigenvalue weighted by atomic mass is 15.3. The maximum absolute atomic E-state index is 3.72. The van der Waals surface area contributed by atoms with E-state index < -0.39 is 0 Å². The fraction of sp³-hybridized carbons (Fsp3) is 1.00. The lowest BCUT2D eigenvalue weighted by Gasteiger charge is -2.46. The van der Waals surface area contributed by atoms with Crippen molar-refractivity contribution in [1.82, 2.24) is 10.2 Å². The van der Waals surface area contributed by atoms with Crippen LogP contribution in [0.1, 0.15) is 60.3 Å². The number of hydrogen-bond donors (Lipinski definition) is 1. The minimum atomic E-state index is 0.335. The molecule has 2 nitrogen and oxygen atoms in total. The van der Waals surface area contributed by atoms with Crippen molar-refractivity contribution in [3.05, 3.63) is 0 Å². The highest BCUT2D eigenvalue weighted by Gasteiger charge is 2.33. The van der Waals surface area contributed by atoms with Gasteiger partial charge in [0.2, 0.25) is 0 Å². The van der Waals surface area contributed by atoms with Crippen LogP contribution in [0.2, 0.25) is 0 Å². The van der Waals surface area contributed by atoms with E-state index in [9.17, 15) is 0 Å². The van der Waals surface area contributed by atoms with Crippen molar-refractivity contribution in [3.63, 3.8) is 0 Å². The van der Waals surface area contributed by atoms with Crippen LogP contribution in [0.5, 0.6) is 0 Å². The summed E-state index contributed by atoms with van der Waals surface area (Å²) in [6, 6.07) is 0.699. The summed E-state index contributed by atoms with van der Waals surface area (Å²) in [5.74, 6) is 0.797. The summed E-state index contributed by atoms with van der Waals surface area (Å²) in [6.07, 6.45) is 5.35. The van der Waals surface area contributed by atoms with Crippen molar-refractivity contribution in [1.29, 1.82) is 0 Å². The van der Waals surface area contributed by atoms with Gasteiger partial charge in [0.1, 0.15) is 0 Å². The summed E-state index contributed by atoms with van der Waals surface area (Å²) < 4.78 is 0. The van der Waals surface area contributed by atoms with E-state index in [1.807, 2.05) is 0 Å². The Morgan fingerprint density at radius 2 is 2.00 bits per heavy atom. The Kier molecular flexibility index (Phi) is 5.94. The Hall–Kier alpha value is -0.0800. The first-order valence-corrected chi connectivity index (χ1v) is 7.44. The first-order chi connectivity index (χ1) is 7.95. The third-order valence-corrected chi connectivity index (χ3v) is 3.91. The Labute approximate surface area is 108 Å². The fourth-order valence-corrected chi connectivity index (χ4v) is 2.76. The zero-order valence-corrected chi connectivity index (χ0v) is 12.6. The van der Waals surface area contributed by atoms with Gasteiger partial charge in [-0.3, -0.25) is 4.90 Å². The molecule has 0 aromatic heterocycles. The van der Waals surface area contributed by atoms with Crippen molar-refractivity contribution in [3.8, 4) is 0 Å². The number of hydrogen-bond acceptors (Lipinski definition) is 2. The number of nitrogens with one attached hydrogen (secondary N) is 1. The molecule has 0 aromatic rings. The van der Waals surface area contributed by atoms with E-state index >= 15 is 0 Å². The summed E-state index contributed by atoms with van der Waals surface area (Å²) in [4.78, 5) is 2.70. The average molecular weight is 240 g/mol. The molecule has 1 aliphatic rings. The molecule has 0 spiro atoms. The maximum Gasteiger partial charge on any atom is 0.0278 e. The molecule has 1 heterocycles. The topological polar surface area (TPSA) is 15.3 Å². The van der Waals surface area contributed by atoms with Crippen LogP contribution in [0.15, 0.2) is 0 Å². The quantitative estimate of drug-likeness (QED) is 0.717. The lowest BCUT2D eigenvalue weighted by molar-refractivity contribution is 0.0593. The van der Waals surface area contributed by atoms with Crippen LogP contribution in [0.3, 0.4) is 0 Å². The van der Waals surface area contributed by atoms with Crippen LogP contribution >= 0.6 is 0 Å². The maximum atomic E-state index is 3.72. The molecular formula is C15H32N2. The van der Waals surface area contributed by atoms with Gasteiger partial charge in [-0.05, 0) is 39.2 Å². The average Bonchev–Trinajstić information content (AvgIpc) is 2.22. The molecule has 102 valence electrons. The molecule has 0 aliphatic carbocycles. The lowest BCUT2D eigenvalue weighted by atomic mass is 9.93. The molecule has 1 saturated heterocycles. The molecule has 1 aliphatic heterocycles. The van der Waals surface area contributed by atoms with Gasteiger partial charge in [0, 0.05) is 24.7 Å². The number of piperazine rings is 1. The third-order valence-electron chi connectivity index (χ3n) is 3.91. The molecule has 0 bridgehead atoms. The summed E-state index contributed by atoms with van der Waals surface area (Å²) in [5.41, 5.74) is 0.335. The smallest absolute Gasteiger partial charge is 0.0278 e. The van der Waals surface area contributed by atoms with E-state index in [1.165, 1.54) is 38.8 Å². The van der Waals surface area contributed by atoms with E-state index in [4.69, 9.17) is 0 Å². The van der Waals surface area contributed by atoms with Gasteiger partial charge in [-0.2, -0.15) is 0 Å². The molecule has 0 radical (unpaired) electrons. The summed E-state index contributed by atoms with van der Waals surface area (Å²) in [7, 11) is 0. The zero-order valence-electron chi connectivity index (χ0n) is 12.6. The largest absolute Gasteiger partial charge is 0.311 e. The van der Waals surface area contributed by atoms with Gasteiger partial charge >= 0.3 is 0 Å². The van der Waals surface area contributed by atoms with Crippen molar-refractivity contribution in [2.45, 2.75) is 71.9 Å². The van der Waals surface area contributed by atoms with Gasteiger partial charge in [-0.25, -0.2) is 0 Å². The van der Waals surface area contributed by atoms with Crippen molar-refractivity contribution >= 4 is 0 Å². The molecule has 2 heteroatoms. The van der Waals surface area contributed by atoms with Crippen LogP contribution in [0, 0.1) is 5.92 Å². The molecule has 1 fully saturated rings. The predicted octanol–water partition coefficient (Wildman–Crippen LogP) is 3.28. The standard InChI is InChI=1S/C15H32N2/c1-6-7-8-9-17-11-14(10-13(2)3)16-12-15(17,4)5/h13-14,16H,6-12H2,1-5H3. The molecule has 1 N–H and O–H groups in total. The van der Waals surface area contributed by atoms with Gasteiger partial charge < -0.3 is 5.32 Å². The second-order valence-electron chi connectivity index (χ2n) is 6.67. The summed E-state index contributed by atoms with van der Waals surface area (Å²) >= 11 is 0. The highest BCUT2D eigenvalue weighted by Crippen LogP contribution is 2.21. The molecule has 0 saturated carbocycles. The number of nitrogens with zero attached hydrogens (tertiary/aromatic N) is 1. The summed E-state index contributed by atoms with van der Waals surface area (Å²) in [6.45, 7) is 15.3. The monoisotopic (exact) mass is 240 g/mol. The van der Waals surface area contributed by atoms with E-state index in [-0.39, 0.29) is 0 Å². The Bertz CT molecular complexity index is 211. The predicted molar refractivity (Wildman–Crippen MR) is 76.4 cm³/mol. The van der Waals surface area contributed by atoms with Crippen LogP contribution < -0.4 is 5.32 Å². The molecule has 1 unspecified atom stereocenters. The number of rotatable bonds is 6. The van der Waals surface area contributed by atoms with Crippen molar-refractivity contribution in [2.75, 3.05) is 19.6 Å². The number of unbranched alkanes of at least 4 members (excludes halogenated alkanes) is 2. The highest BCUT2D eigenvalue weighted by molar-refractivity contribution is 4.92. The molecule has 0 aromatic carbocycles. The summed E-state index contributed by atoms with van der Waals surface area (Å²) in [5, 5.41) is 3.72. The van der Waals surface area contributed by atoms with E-state index in [2.05, 4.69) is 44.8 Å². The zero-order chi connectivity index (χ0) is 12.9. The SMILES string of the molecule is CCCCCN1CC(CC(C)C)NCC1(C)C. The van der Waals surface area contributed by atoms with E-state index in [0.29, 0.717) is 11.6 Å². The van der Waals surface area contributed by atoms with E-state index in [0.717, 1.165) is 12.5 Å². The van der Waals surface area contributed by atoms with Crippen molar-refractivity contribution < 1.29 is 0 Å². The Balaban J connectivity index is 2.44. The molecule has 1 atom stereocenters. The van der Waals surface area contributed by atoms with Gasteiger partial charge in [-0.1, -0.05) is 33.6 Å². The normalized spacial score (nSPS) is 25.4. The van der Waals surface area contributed by atoms with Crippen LogP contribution in [-0.2, 0) is 0 Å². The first-order valence-electron chi connectivity index (χ1n) is 7.44. The second-order valence-corrected chi connectivity index (χ2v) is 6.67. The molecular weight excluding hydrogens is 208 g/mol. The van der Waals surface area contributed by atoms with Crippen LogP contribution in [0.25, 0.3) is 0 Å². The van der Waals surface area contributed by atoms with Gasteiger partial charge in [0.05, 0.1) is 0 Å². The van der Waals surface area contributed by atoms with E-state index in [1.54, 1.807) is 0 Å². The Morgan fingerprint density at radius 1 is 1.29 bits per heavy atom. The fourth-order valence-electron chi connectivity index (χ4n) is 2.76. The Morgan fingerprint density at radius 3 is 2.59 bits per heavy atom. The molecule has 1 rings (SSSR count). The lowest BCUT2D eigenvalue weighted by Crippen LogP contribution is -2.62.